The molecule has 0 fully saturated rings. The Morgan fingerprint density at radius 2 is 2.20 bits per heavy atom. The maximum absolute atomic E-state index is 10.5. The van der Waals surface area contributed by atoms with Crippen LogP contribution in [0.4, 0.5) is 5.69 Å². The maximum Gasteiger partial charge on any atom is 0.287 e. The minimum atomic E-state index is -2.30. The van der Waals surface area contributed by atoms with Crippen LogP contribution in [0, 0.1) is 21.4 Å². The van der Waals surface area contributed by atoms with Gasteiger partial charge in [0.15, 0.2) is 0 Å². The molecular weight excluding hydrogens is 220 g/mol. The van der Waals surface area contributed by atoms with Gasteiger partial charge in [0.2, 0.25) is 0 Å². The van der Waals surface area contributed by atoms with Gasteiger partial charge in [0, 0.05) is 11.8 Å². The zero-order valence-corrected chi connectivity index (χ0v) is 8.19. The number of nitro benzene ring substituents is 1. The van der Waals surface area contributed by atoms with E-state index in [9.17, 15) is 18.9 Å². The van der Waals surface area contributed by atoms with Gasteiger partial charge in [0.05, 0.1) is 4.92 Å². The van der Waals surface area contributed by atoms with Crippen LogP contribution in [0.2, 0.25) is 0 Å². The summed E-state index contributed by atoms with van der Waals surface area (Å²) in [4.78, 5) is 9.81. The van der Waals surface area contributed by atoms with Crippen LogP contribution in [0.5, 0.6) is 0 Å². The fraction of sp³-hybridized carbons (Fsp3) is 0.125. The molecule has 7 heteroatoms. The number of nitrogens with zero attached hydrogens (tertiary/aromatic N) is 2. The van der Waals surface area contributed by atoms with Crippen molar-refractivity contribution in [2.45, 2.75) is 5.75 Å². The molecule has 0 N–H and O–H groups in total. The molecule has 0 aliphatic rings. The molecule has 15 heavy (non-hydrogen) atoms. The van der Waals surface area contributed by atoms with Crippen molar-refractivity contribution in [3.05, 3.63) is 39.4 Å². The SMILES string of the molecule is N#Cc1ccc(CS(=O)[O-])cc1[N+](=O)[O-]. The van der Waals surface area contributed by atoms with Crippen LogP contribution in [0.25, 0.3) is 0 Å². The first kappa shape index (κ1) is 11.3. The Morgan fingerprint density at radius 3 is 2.67 bits per heavy atom. The predicted molar refractivity (Wildman–Crippen MR) is 50.4 cm³/mol. The van der Waals surface area contributed by atoms with Crippen molar-refractivity contribution in [2.24, 2.45) is 0 Å². The number of hydrogen-bond donors (Lipinski definition) is 0. The van der Waals surface area contributed by atoms with Crippen LogP contribution in [0.3, 0.4) is 0 Å². The summed E-state index contributed by atoms with van der Waals surface area (Å²) in [5.74, 6) is -0.299. The maximum atomic E-state index is 10.5. The summed E-state index contributed by atoms with van der Waals surface area (Å²) in [6.45, 7) is 0. The highest BCUT2D eigenvalue weighted by atomic mass is 32.2. The van der Waals surface area contributed by atoms with Crippen LogP contribution in [-0.4, -0.2) is 13.7 Å². The van der Waals surface area contributed by atoms with E-state index in [2.05, 4.69) is 0 Å². The summed E-state index contributed by atoms with van der Waals surface area (Å²) < 4.78 is 20.7. The molecule has 78 valence electrons. The van der Waals surface area contributed by atoms with Gasteiger partial charge in [-0.05, 0) is 11.6 Å². The Labute approximate surface area is 87.6 Å². The van der Waals surface area contributed by atoms with Gasteiger partial charge in [0.1, 0.15) is 11.6 Å². The molecule has 0 saturated carbocycles. The number of hydrogen-bond acceptors (Lipinski definition) is 5. The van der Waals surface area contributed by atoms with E-state index in [1.807, 2.05) is 0 Å². The minimum absolute atomic E-state index is 0.0829. The second-order valence-electron chi connectivity index (χ2n) is 2.67. The Bertz CT molecular complexity index is 466. The smallest absolute Gasteiger partial charge is 0.287 e. The van der Waals surface area contributed by atoms with Crippen LogP contribution < -0.4 is 0 Å². The molecule has 0 spiro atoms. The molecule has 1 unspecified atom stereocenters. The summed E-state index contributed by atoms with van der Waals surface area (Å²) in [5.41, 5.74) is -0.171. The van der Waals surface area contributed by atoms with Crippen molar-refractivity contribution in [1.29, 1.82) is 5.26 Å². The average molecular weight is 225 g/mol. The monoisotopic (exact) mass is 225 g/mol. The molecular formula is C8H5N2O4S-. The molecule has 0 bridgehead atoms. The zero-order valence-electron chi connectivity index (χ0n) is 7.37. The van der Waals surface area contributed by atoms with E-state index in [1.165, 1.54) is 12.1 Å². The van der Waals surface area contributed by atoms with Gasteiger partial charge in [-0.3, -0.25) is 14.3 Å². The molecule has 0 aromatic heterocycles. The first-order valence-electron chi connectivity index (χ1n) is 3.78. The van der Waals surface area contributed by atoms with Gasteiger partial charge in [-0.15, -0.1) is 0 Å². The van der Waals surface area contributed by atoms with Gasteiger partial charge < -0.3 is 4.55 Å². The fourth-order valence-corrected chi connectivity index (χ4v) is 1.50. The van der Waals surface area contributed by atoms with Crippen LogP contribution in [0.1, 0.15) is 11.1 Å². The fourth-order valence-electron chi connectivity index (χ4n) is 1.05. The number of nitriles is 1. The molecule has 1 aromatic rings. The normalized spacial score (nSPS) is 11.7. The summed E-state index contributed by atoms with van der Waals surface area (Å²) >= 11 is -2.30. The van der Waals surface area contributed by atoms with Crippen LogP contribution in [-0.2, 0) is 16.8 Å². The van der Waals surface area contributed by atoms with Crippen molar-refractivity contribution in [1.82, 2.24) is 0 Å². The quantitative estimate of drug-likeness (QED) is 0.430. The molecule has 0 aliphatic carbocycles. The third-order valence-electron chi connectivity index (χ3n) is 1.66. The Hall–Kier alpha value is -1.78. The van der Waals surface area contributed by atoms with E-state index < -0.39 is 16.0 Å². The van der Waals surface area contributed by atoms with E-state index in [-0.39, 0.29) is 22.6 Å². The lowest BCUT2D eigenvalue weighted by atomic mass is 10.1. The van der Waals surface area contributed by atoms with E-state index >= 15 is 0 Å². The second-order valence-corrected chi connectivity index (χ2v) is 3.56. The summed E-state index contributed by atoms with van der Waals surface area (Å²) in [5, 5.41) is 19.1. The number of nitro groups is 1. The zero-order chi connectivity index (χ0) is 11.4. The average Bonchev–Trinajstić information content (AvgIpc) is 2.16. The van der Waals surface area contributed by atoms with Gasteiger partial charge in [0.25, 0.3) is 5.69 Å². The van der Waals surface area contributed by atoms with Gasteiger partial charge in [-0.1, -0.05) is 17.1 Å². The Kier molecular flexibility index (Phi) is 3.49. The van der Waals surface area contributed by atoms with Crippen molar-refractivity contribution < 1.29 is 13.7 Å². The second kappa shape index (κ2) is 4.63. The number of benzene rings is 1. The highest BCUT2D eigenvalue weighted by Gasteiger charge is 2.13. The van der Waals surface area contributed by atoms with Gasteiger partial charge >= 0.3 is 0 Å². The Morgan fingerprint density at radius 1 is 1.53 bits per heavy atom. The first-order valence-corrected chi connectivity index (χ1v) is 5.02. The van der Waals surface area contributed by atoms with Crippen molar-refractivity contribution >= 4 is 16.8 Å². The molecule has 1 aromatic carbocycles. The van der Waals surface area contributed by atoms with E-state index in [0.29, 0.717) is 0 Å². The molecule has 0 aliphatic heterocycles. The molecule has 1 atom stereocenters. The summed E-state index contributed by atoms with van der Waals surface area (Å²) in [6.07, 6.45) is 0. The third-order valence-corrected chi connectivity index (χ3v) is 2.23. The van der Waals surface area contributed by atoms with Gasteiger partial charge in [-0.2, -0.15) is 5.26 Å². The molecule has 0 saturated heterocycles. The summed E-state index contributed by atoms with van der Waals surface area (Å²) in [6, 6.07) is 5.37. The van der Waals surface area contributed by atoms with Crippen molar-refractivity contribution in [3.8, 4) is 6.07 Å². The molecule has 0 amide bonds. The predicted octanol–water partition coefficient (Wildman–Crippen LogP) is 0.846. The van der Waals surface area contributed by atoms with E-state index in [4.69, 9.17) is 5.26 Å². The lowest BCUT2D eigenvalue weighted by molar-refractivity contribution is -0.385. The van der Waals surface area contributed by atoms with Gasteiger partial charge in [-0.25, -0.2) is 0 Å². The van der Waals surface area contributed by atoms with E-state index in [1.54, 1.807) is 6.07 Å². The van der Waals surface area contributed by atoms with E-state index in [0.717, 1.165) is 6.07 Å². The van der Waals surface area contributed by atoms with Crippen molar-refractivity contribution in [3.63, 3.8) is 0 Å². The molecule has 6 nitrogen and oxygen atoms in total. The molecule has 0 radical (unpaired) electrons. The topological polar surface area (TPSA) is 107 Å². The molecule has 0 heterocycles. The standard InChI is InChI=1S/C8H6N2O4S/c9-4-7-2-1-6(5-15(13)14)3-8(7)10(11)12/h1-3H,5H2,(H,13,14)/p-1. The van der Waals surface area contributed by atoms with Crippen molar-refractivity contribution in [2.75, 3.05) is 0 Å². The largest absolute Gasteiger partial charge is 0.772 e. The lowest BCUT2D eigenvalue weighted by Gasteiger charge is -2.04. The molecule has 1 rings (SSSR count). The summed E-state index contributed by atoms with van der Waals surface area (Å²) in [7, 11) is 0. The van der Waals surface area contributed by atoms with Crippen LogP contribution in [0.15, 0.2) is 18.2 Å². The lowest BCUT2D eigenvalue weighted by Crippen LogP contribution is -1.97. The Balaban J connectivity index is 3.17. The minimum Gasteiger partial charge on any atom is -0.772 e. The highest BCUT2D eigenvalue weighted by molar-refractivity contribution is 7.78. The highest BCUT2D eigenvalue weighted by Crippen LogP contribution is 2.19. The first-order chi connectivity index (χ1) is 7.04. The third kappa shape index (κ3) is 2.83. The number of rotatable bonds is 3. The van der Waals surface area contributed by atoms with Crippen LogP contribution >= 0.6 is 0 Å².